The van der Waals surface area contributed by atoms with Crippen LogP contribution >= 0.6 is 34.8 Å². The highest BCUT2D eigenvalue weighted by molar-refractivity contribution is 6.76. The molecular weight excluding hydrogens is 619 g/mol. The first-order valence-corrected chi connectivity index (χ1v) is 16.3. The molecule has 1 aliphatic heterocycles. The van der Waals surface area contributed by atoms with E-state index < -0.39 is 16.0 Å². The molecule has 1 aliphatic carbocycles. The van der Waals surface area contributed by atoms with E-state index in [1.807, 2.05) is 72.8 Å². The predicted octanol–water partition coefficient (Wildman–Crippen LogP) is 7.81. The van der Waals surface area contributed by atoms with E-state index in [0.717, 1.165) is 52.9 Å². The van der Waals surface area contributed by atoms with Crippen molar-refractivity contribution in [3.8, 4) is 11.1 Å². The Morgan fingerprint density at radius 2 is 1.66 bits per heavy atom. The lowest BCUT2D eigenvalue weighted by Gasteiger charge is -2.39. The molecule has 0 bridgehead atoms. The van der Waals surface area contributed by atoms with E-state index >= 15 is 0 Å². The van der Waals surface area contributed by atoms with Crippen LogP contribution in [-0.2, 0) is 27.4 Å². The minimum absolute atomic E-state index is 0.00529. The topological polar surface area (TPSA) is 71.0 Å². The summed E-state index contributed by atoms with van der Waals surface area (Å²) in [5.41, 5.74) is 5.71. The van der Waals surface area contributed by atoms with Crippen LogP contribution in [0.2, 0.25) is 0 Å². The maximum absolute atomic E-state index is 12.0. The molecule has 234 valence electrons. The maximum Gasteiger partial charge on any atom is 0.272 e. The van der Waals surface area contributed by atoms with Crippen LogP contribution in [0.25, 0.3) is 11.1 Å². The number of carbonyl (C=O) groups excluding carboxylic acids is 1. The van der Waals surface area contributed by atoms with E-state index in [2.05, 4.69) is 22.9 Å². The molecule has 1 heterocycles. The zero-order chi connectivity index (χ0) is 31.1. The molecule has 44 heavy (non-hydrogen) atoms. The third-order valence-corrected chi connectivity index (χ3v) is 8.90. The molecule has 0 aromatic heterocycles. The third-order valence-electron chi connectivity index (χ3n) is 8.39. The molecule has 3 aromatic rings. The average molecular weight is 658 g/mol. The van der Waals surface area contributed by atoms with Crippen molar-refractivity contribution in [2.75, 3.05) is 13.1 Å². The Morgan fingerprint density at radius 3 is 2.34 bits per heavy atom. The number of aliphatic hydroxyl groups is 1. The van der Waals surface area contributed by atoms with Gasteiger partial charge in [0.15, 0.2) is 6.29 Å². The van der Waals surface area contributed by atoms with E-state index in [-0.39, 0.29) is 25.4 Å². The molecule has 0 radical (unpaired) electrons. The summed E-state index contributed by atoms with van der Waals surface area (Å²) in [5, 5.41) is 12.2. The molecule has 5 rings (SSSR count). The number of hydrogen-bond donors (Lipinski definition) is 2. The second kappa shape index (κ2) is 15.2. The van der Waals surface area contributed by atoms with Crippen molar-refractivity contribution in [1.82, 2.24) is 10.2 Å². The Kier molecular flexibility index (Phi) is 11.4. The molecule has 3 aromatic carbocycles. The second-order valence-electron chi connectivity index (χ2n) is 11.5. The SMILES string of the molecule is C=CCN(C[C@H]1C[C@@H](c2ccc(CO)cc2)O[C@@H](c2cccc(-c3cccc(CNC(=O)C(Cl)(Cl)Cl)c3)c2)O1)C1CCCC1. The highest BCUT2D eigenvalue weighted by Crippen LogP contribution is 2.39. The van der Waals surface area contributed by atoms with Crippen LogP contribution in [0.15, 0.2) is 85.5 Å². The number of ether oxygens (including phenoxy) is 2. The van der Waals surface area contributed by atoms with Crippen molar-refractivity contribution in [3.05, 3.63) is 108 Å². The summed E-state index contributed by atoms with van der Waals surface area (Å²) in [5.74, 6) is -0.670. The molecular formula is C35H39Cl3N2O4. The van der Waals surface area contributed by atoms with E-state index in [9.17, 15) is 9.90 Å². The number of aliphatic hydroxyl groups excluding tert-OH is 1. The van der Waals surface area contributed by atoms with Crippen molar-refractivity contribution in [2.24, 2.45) is 0 Å². The number of nitrogens with zero attached hydrogens (tertiary/aromatic N) is 1. The van der Waals surface area contributed by atoms with Crippen molar-refractivity contribution >= 4 is 40.7 Å². The molecule has 6 nitrogen and oxygen atoms in total. The highest BCUT2D eigenvalue weighted by atomic mass is 35.6. The van der Waals surface area contributed by atoms with Gasteiger partial charge in [-0.1, -0.05) is 114 Å². The molecule has 2 fully saturated rings. The van der Waals surface area contributed by atoms with Gasteiger partial charge in [0.1, 0.15) is 0 Å². The zero-order valence-corrected chi connectivity index (χ0v) is 26.9. The predicted molar refractivity (Wildman–Crippen MR) is 176 cm³/mol. The first-order chi connectivity index (χ1) is 21.2. The van der Waals surface area contributed by atoms with Gasteiger partial charge in [0.25, 0.3) is 9.70 Å². The van der Waals surface area contributed by atoms with Gasteiger partial charge in [-0.05, 0) is 52.8 Å². The minimum Gasteiger partial charge on any atom is -0.392 e. The Labute approximate surface area is 274 Å². The molecule has 0 spiro atoms. The van der Waals surface area contributed by atoms with Crippen LogP contribution in [0.5, 0.6) is 0 Å². The smallest absolute Gasteiger partial charge is 0.272 e. The van der Waals surface area contributed by atoms with Crippen molar-refractivity contribution in [3.63, 3.8) is 0 Å². The summed E-state index contributed by atoms with van der Waals surface area (Å²) in [7, 11) is 0. The quantitative estimate of drug-likeness (QED) is 0.163. The average Bonchev–Trinajstić information content (AvgIpc) is 3.58. The summed E-state index contributed by atoms with van der Waals surface area (Å²) in [4.78, 5) is 14.5. The number of rotatable bonds is 11. The van der Waals surface area contributed by atoms with Gasteiger partial charge in [-0.2, -0.15) is 0 Å². The molecule has 0 unspecified atom stereocenters. The van der Waals surface area contributed by atoms with E-state index in [1.165, 1.54) is 25.7 Å². The van der Waals surface area contributed by atoms with Gasteiger partial charge in [-0.15, -0.1) is 6.58 Å². The summed E-state index contributed by atoms with van der Waals surface area (Å²) >= 11 is 17.1. The van der Waals surface area contributed by atoms with Crippen LogP contribution in [0, 0.1) is 0 Å². The van der Waals surface area contributed by atoms with Gasteiger partial charge in [0.05, 0.1) is 18.8 Å². The number of halogens is 3. The Hall–Kier alpha value is -2.42. The van der Waals surface area contributed by atoms with Gasteiger partial charge >= 0.3 is 0 Å². The summed E-state index contributed by atoms with van der Waals surface area (Å²) < 4.78 is 11.3. The Bertz CT molecular complexity index is 1410. The lowest BCUT2D eigenvalue weighted by Crippen LogP contribution is -2.43. The van der Waals surface area contributed by atoms with Crippen LogP contribution in [0.3, 0.4) is 0 Å². The van der Waals surface area contributed by atoms with Crippen molar-refractivity contribution in [2.45, 2.75) is 73.6 Å². The normalized spacial score (nSPS) is 21.0. The summed E-state index contributed by atoms with van der Waals surface area (Å²) in [6, 6.07) is 24.6. The zero-order valence-electron chi connectivity index (χ0n) is 24.6. The number of hydrogen-bond acceptors (Lipinski definition) is 5. The van der Waals surface area contributed by atoms with Crippen LogP contribution < -0.4 is 5.32 Å². The molecule has 2 N–H and O–H groups in total. The molecule has 2 aliphatic rings. The first kappa shape index (κ1) is 33.0. The number of amides is 1. The minimum atomic E-state index is -2.01. The standard InChI is InChI=1S/C35H39Cl3N2O4/c1-2-17-40(30-11-3-4-12-30)22-31-20-32(26-15-13-24(23-41)14-16-26)44-33(43-31)29-10-6-9-28(19-29)27-8-5-7-25(18-27)21-39-34(42)35(36,37)38/h2,5-10,13-16,18-19,30-33,41H,1,3-4,11-12,17,20-23H2,(H,39,42)/t31-,32+,33+/m1/s1. The largest absolute Gasteiger partial charge is 0.392 e. The molecule has 1 saturated heterocycles. The monoisotopic (exact) mass is 656 g/mol. The highest BCUT2D eigenvalue weighted by Gasteiger charge is 2.35. The van der Waals surface area contributed by atoms with E-state index in [1.54, 1.807) is 0 Å². The fraction of sp³-hybridized carbons (Fsp3) is 0.400. The van der Waals surface area contributed by atoms with Crippen LogP contribution in [0.4, 0.5) is 0 Å². The first-order valence-electron chi connectivity index (χ1n) is 15.1. The third kappa shape index (κ3) is 8.64. The molecule has 1 amide bonds. The fourth-order valence-electron chi connectivity index (χ4n) is 6.11. The van der Waals surface area contributed by atoms with Gasteiger partial charge in [-0.3, -0.25) is 9.69 Å². The van der Waals surface area contributed by atoms with Crippen molar-refractivity contribution in [1.29, 1.82) is 0 Å². The fourth-order valence-corrected chi connectivity index (χ4v) is 6.31. The number of carbonyl (C=O) groups is 1. The lowest BCUT2D eigenvalue weighted by molar-refractivity contribution is -0.253. The number of nitrogens with one attached hydrogen (secondary N) is 1. The molecule has 3 atom stereocenters. The van der Waals surface area contributed by atoms with E-state index in [4.69, 9.17) is 44.3 Å². The van der Waals surface area contributed by atoms with Gasteiger partial charge in [-0.25, -0.2) is 0 Å². The van der Waals surface area contributed by atoms with E-state index in [0.29, 0.717) is 6.04 Å². The van der Waals surface area contributed by atoms with Gasteiger partial charge in [0.2, 0.25) is 0 Å². The molecule has 9 heteroatoms. The Balaban J connectivity index is 1.38. The molecule has 1 saturated carbocycles. The summed E-state index contributed by atoms with van der Waals surface area (Å²) in [6.45, 7) is 5.90. The van der Waals surface area contributed by atoms with Crippen molar-refractivity contribution < 1.29 is 19.4 Å². The van der Waals surface area contributed by atoms with Crippen LogP contribution in [-0.4, -0.2) is 44.9 Å². The number of alkyl halides is 3. The van der Waals surface area contributed by atoms with Crippen LogP contribution in [0.1, 0.15) is 66.8 Å². The van der Waals surface area contributed by atoms with Gasteiger partial charge in [0, 0.05) is 37.7 Å². The second-order valence-corrected chi connectivity index (χ2v) is 13.8. The summed E-state index contributed by atoms with van der Waals surface area (Å²) in [6.07, 6.45) is 6.92. The maximum atomic E-state index is 12.0. The Morgan fingerprint density at radius 1 is 0.955 bits per heavy atom. The van der Waals surface area contributed by atoms with Gasteiger partial charge < -0.3 is 19.9 Å². The number of benzene rings is 3. The lowest BCUT2D eigenvalue weighted by atomic mass is 9.98.